The molecule has 0 radical (unpaired) electrons. The highest BCUT2D eigenvalue weighted by molar-refractivity contribution is 5.71. The number of carbonyl (C=O) groups is 3. The minimum absolute atomic E-state index is 0.182. The lowest BCUT2D eigenvalue weighted by Crippen LogP contribution is -2.40. The number of aliphatic carboxylic acids is 1. The van der Waals surface area contributed by atoms with E-state index in [1.165, 1.54) is 250 Å². The van der Waals surface area contributed by atoms with Gasteiger partial charge in [0.15, 0.2) is 6.10 Å². The molecule has 0 aliphatic heterocycles. The predicted octanol–water partition coefficient (Wildman–Crippen LogP) is 25.1. The molecule has 9 heteroatoms. The first-order valence-corrected chi connectivity index (χ1v) is 39.4. The number of likely N-dealkylation sites (N-methyl/N-ethyl adjacent to an activating group) is 1. The molecule has 0 saturated carbocycles. The summed E-state index contributed by atoms with van der Waals surface area (Å²) in [6.07, 6.45) is 99.8. The maximum absolute atomic E-state index is 13.0. The van der Waals surface area contributed by atoms with Gasteiger partial charge in [0.1, 0.15) is 13.2 Å². The number of unbranched alkanes of at least 4 members (excludes halogenated alkanes) is 42. The maximum atomic E-state index is 13.0. The standard InChI is InChI=1S/C84H149NO8/c1-6-8-10-12-14-16-18-20-22-24-26-28-30-32-34-36-38-40-41-43-45-47-49-51-53-55-57-59-61-63-65-67-69-71-73-75-82(87)93-80(79-92-84(83(88)89)90-77-76-85(3,4)5)78-91-81(86)74-72-70-68-66-64-62-60-58-56-54-52-50-48-46-44-42-39-37-35-33-31-29-27-25-23-21-19-17-15-13-11-9-7-2/h8,10,14,16,20,22,25-28,32,34,38,40,43,45,80,84H,6-7,9,11-13,15,17-19,21,23-24,29-31,33,35-37,39,41-42,44,46-79H2,1-5H3/p+1/b10-8-,16-14-,22-20-,27-25-,28-26-,34-32-,40-38-,45-43-. The van der Waals surface area contributed by atoms with Crippen molar-refractivity contribution in [3.8, 4) is 0 Å². The SMILES string of the molecule is CC/C=C\C/C=C\C/C=C\C/C=C\C/C=C\C/C=C\C/C=C\CCCCCCCCCCCCCCCC(=O)OC(COC(=O)CCCCCCCCCCCCCCCCCCCCCCC/C=C\CCCCCCCCCC)COC(OCC[N+](C)(C)C)C(=O)O. The third kappa shape index (κ3) is 75.5. The molecule has 0 aromatic carbocycles. The topological polar surface area (TPSA) is 108 Å². The highest BCUT2D eigenvalue weighted by atomic mass is 16.7. The van der Waals surface area contributed by atoms with Gasteiger partial charge in [-0.3, -0.25) is 9.59 Å². The molecule has 0 aliphatic carbocycles. The Bertz CT molecular complexity index is 1850. The van der Waals surface area contributed by atoms with Crippen molar-refractivity contribution in [1.82, 2.24) is 0 Å². The molecule has 0 aromatic rings. The number of ether oxygens (including phenoxy) is 4. The Morgan fingerprint density at radius 1 is 0.333 bits per heavy atom. The van der Waals surface area contributed by atoms with Crippen LogP contribution in [0.4, 0.5) is 0 Å². The van der Waals surface area contributed by atoms with Crippen molar-refractivity contribution in [2.75, 3.05) is 47.5 Å². The average molecular weight is 1300 g/mol. The number of nitrogens with zero attached hydrogens (tertiary/aromatic N) is 1. The lowest BCUT2D eigenvalue weighted by atomic mass is 10.0. The summed E-state index contributed by atoms with van der Waals surface area (Å²) >= 11 is 0. The lowest BCUT2D eigenvalue weighted by Gasteiger charge is -2.25. The van der Waals surface area contributed by atoms with Crippen molar-refractivity contribution in [2.24, 2.45) is 0 Å². The van der Waals surface area contributed by atoms with Crippen LogP contribution in [0.5, 0.6) is 0 Å². The molecular formula is C84H150NO8+. The largest absolute Gasteiger partial charge is 0.477 e. The van der Waals surface area contributed by atoms with E-state index in [2.05, 4.69) is 111 Å². The van der Waals surface area contributed by atoms with Crippen LogP contribution < -0.4 is 0 Å². The summed E-state index contributed by atoms with van der Waals surface area (Å²) in [7, 11) is 5.99. The summed E-state index contributed by atoms with van der Waals surface area (Å²) in [6.45, 7) is 4.81. The van der Waals surface area contributed by atoms with Crippen molar-refractivity contribution in [1.29, 1.82) is 0 Å². The van der Waals surface area contributed by atoms with E-state index in [-0.39, 0.29) is 32.2 Å². The number of esters is 2. The minimum Gasteiger partial charge on any atom is -0.477 e. The van der Waals surface area contributed by atoms with Crippen molar-refractivity contribution < 1.29 is 42.9 Å². The molecule has 0 amide bonds. The zero-order chi connectivity index (χ0) is 67.5. The number of hydrogen-bond donors (Lipinski definition) is 1. The van der Waals surface area contributed by atoms with Crippen molar-refractivity contribution in [2.45, 2.75) is 373 Å². The number of quaternary nitrogens is 1. The number of rotatable bonds is 73. The Balaban J connectivity index is 4.04. The van der Waals surface area contributed by atoms with Crippen molar-refractivity contribution >= 4 is 17.9 Å². The van der Waals surface area contributed by atoms with Gasteiger partial charge in [-0.05, 0) is 96.3 Å². The number of carboxylic acids is 1. The van der Waals surface area contributed by atoms with Crippen LogP contribution in [0.2, 0.25) is 0 Å². The van der Waals surface area contributed by atoms with Crippen LogP contribution in [0.3, 0.4) is 0 Å². The Labute approximate surface area is 575 Å². The fraction of sp³-hybridized carbons (Fsp3) is 0.774. The van der Waals surface area contributed by atoms with Gasteiger partial charge in [-0.2, -0.15) is 0 Å². The lowest BCUT2D eigenvalue weighted by molar-refractivity contribution is -0.870. The monoisotopic (exact) mass is 1300 g/mol. The minimum atomic E-state index is -1.51. The first kappa shape index (κ1) is 89.2. The van der Waals surface area contributed by atoms with E-state index in [1.54, 1.807) is 0 Å². The van der Waals surface area contributed by atoms with Crippen LogP contribution in [0, 0.1) is 0 Å². The van der Waals surface area contributed by atoms with E-state index in [4.69, 9.17) is 18.9 Å². The van der Waals surface area contributed by atoms with Gasteiger partial charge in [-0.15, -0.1) is 0 Å². The number of hydrogen-bond acceptors (Lipinski definition) is 7. The van der Waals surface area contributed by atoms with Gasteiger partial charge in [-0.1, -0.05) is 349 Å². The quantitative estimate of drug-likeness (QED) is 0.0211. The van der Waals surface area contributed by atoms with Gasteiger partial charge in [0, 0.05) is 12.8 Å². The molecule has 0 bridgehead atoms. The van der Waals surface area contributed by atoms with E-state index >= 15 is 0 Å². The number of carbonyl (C=O) groups excluding carboxylic acids is 2. The molecule has 0 saturated heterocycles. The van der Waals surface area contributed by atoms with Crippen molar-refractivity contribution in [3.63, 3.8) is 0 Å². The van der Waals surface area contributed by atoms with Crippen LogP contribution in [0.1, 0.15) is 361 Å². The summed E-state index contributed by atoms with van der Waals surface area (Å²) in [4.78, 5) is 37.7. The fourth-order valence-electron chi connectivity index (χ4n) is 11.3. The highest BCUT2D eigenvalue weighted by Crippen LogP contribution is 2.19. The smallest absolute Gasteiger partial charge is 0.361 e. The normalized spacial score (nSPS) is 13.2. The van der Waals surface area contributed by atoms with E-state index in [1.807, 2.05) is 21.1 Å². The molecule has 0 spiro atoms. The van der Waals surface area contributed by atoms with Crippen LogP contribution in [-0.2, 0) is 33.3 Å². The van der Waals surface area contributed by atoms with E-state index < -0.39 is 24.3 Å². The van der Waals surface area contributed by atoms with Gasteiger partial charge in [0.25, 0.3) is 6.29 Å². The van der Waals surface area contributed by atoms with Crippen molar-refractivity contribution in [3.05, 3.63) is 97.2 Å². The van der Waals surface area contributed by atoms with Crippen LogP contribution >= 0.6 is 0 Å². The molecule has 9 nitrogen and oxygen atoms in total. The molecule has 0 fully saturated rings. The third-order valence-electron chi connectivity index (χ3n) is 17.3. The zero-order valence-electron chi connectivity index (χ0n) is 61.7. The Hall–Kier alpha value is -3.79. The second-order valence-electron chi connectivity index (χ2n) is 27.6. The Morgan fingerprint density at radius 2 is 0.613 bits per heavy atom. The zero-order valence-corrected chi connectivity index (χ0v) is 61.7. The van der Waals surface area contributed by atoms with E-state index in [0.717, 1.165) is 83.5 Å². The van der Waals surface area contributed by atoms with Gasteiger partial charge >= 0.3 is 17.9 Å². The maximum Gasteiger partial charge on any atom is 0.361 e. The second kappa shape index (κ2) is 74.0. The molecule has 1 N–H and O–H groups in total. The number of carboxylic acid groups (broad SMARTS) is 1. The molecule has 0 heterocycles. The van der Waals surface area contributed by atoms with E-state index in [0.29, 0.717) is 17.4 Å². The average Bonchev–Trinajstić information content (AvgIpc) is 3.74. The van der Waals surface area contributed by atoms with E-state index in [9.17, 15) is 19.5 Å². The molecule has 538 valence electrons. The van der Waals surface area contributed by atoms with Crippen LogP contribution in [0.15, 0.2) is 97.2 Å². The van der Waals surface area contributed by atoms with Crippen LogP contribution in [-0.4, -0.2) is 87.4 Å². The fourth-order valence-corrected chi connectivity index (χ4v) is 11.3. The Morgan fingerprint density at radius 3 is 0.925 bits per heavy atom. The summed E-state index contributed by atoms with van der Waals surface area (Å²) < 4.78 is 23.0. The molecule has 2 atom stereocenters. The molecular weight excluding hydrogens is 1150 g/mol. The summed E-state index contributed by atoms with van der Waals surface area (Å²) in [5.41, 5.74) is 0. The predicted molar refractivity (Wildman–Crippen MR) is 401 cm³/mol. The van der Waals surface area contributed by atoms with Gasteiger partial charge in [0.05, 0.1) is 34.4 Å². The first-order chi connectivity index (χ1) is 45.6. The van der Waals surface area contributed by atoms with Gasteiger partial charge in [0.2, 0.25) is 0 Å². The second-order valence-corrected chi connectivity index (χ2v) is 27.6. The third-order valence-corrected chi connectivity index (χ3v) is 17.3. The van der Waals surface area contributed by atoms with Gasteiger partial charge < -0.3 is 28.5 Å². The Kier molecular flexibility index (Phi) is 71.0. The van der Waals surface area contributed by atoms with Crippen LogP contribution in [0.25, 0.3) is 0 Å². The first-order valence-electron chi connectivity index (χ1n) is 39.4. The molecule has 0 aromatic heterocycles. The highest BCUT2D eigenvalue weighted by Gasteiger charge is 2.25. The van der Waals surface area contributed by atoms with Gasteiger partial charge in [-0.25, -0.2) is 4.79 Å². The molecule has 0 aliphatic rings. The molecule has 2 unspecified atom stereocenters. The molecule has 0 rings (SSSR count). The summed E-state index contributed by atoms with van der Waals surface area (Å²) in [5.74, 6) is -1.99. The number of allylic oxidation sites excluding steroid dienone is 16. The molecule has 93 heavy (non-hydrogen) atoms. The summed E-state index contributed by atoms with van der Waals surface area (Å²) in [5, 5.41) is 9.77. The summed E-state index contributed by atoms with van der Waals surface area (Å²) in [6, 6.07) is 0.